The van der Waals surface area contributed by atoms with E-state index in [0.29, 0.717) is 5.19 Å². The fraction of sp³-hybridized carbons (Fsp3) is 0.0769. The molecule has 1 aromatic heterocycles. The average Bonchev–Trinajstić information content (AvgIpc) is 2.79. The van der Waals surface area contributed by atoms with Crippen LogP contribution >= 0.6 is 11.3 Å². The molecule has 0 spiro atoms. The molecule has 3 aromatic rings. The first kappa shape index (κ1) is 10.2. The van der Waals surface area contributed by atoms with E-state index in [-0.39, 0.29) is 0 Å². The summed E-state index contributed by atoms with van der Waals surface area (Å²) < 4.78 is 1.12. The molecule has 0 saturated heterocycles. The summed E-state index contributed by atoms with van der Waals surface area (Å²) in [7, 11) is 0. The van der Waals surface area contributed by atoms with Crippen LogP contribution in [0, 0.1) is 0 Å². The van der Waals surface area contributed by atoms with Gasteiger partial charge in [-0.25, -0.2) is 0 Å². The van der Waals surface area contributed by atoms with Crippen LogP contribution in [-0.4, -0.2) is 11.2 Å². The minimum absolute atomic E-state index is 0.578. The average molecular weight is 242 g/mol. The van der Waals surface area contributed by atoms with Gasteiger partial charge in [-0.05, 0) is 18.4 Å². The Bertz CT molecular complexity index is 703. The zero-order valence-electron chi connectivity index (χ0n) is 9.25. The van der Waals surface area contributed by atoms with E-state index in [1.165, 1.54) is 16.7 Å². The smallest absolute Gasteiger partial charge is 0.306 e. The molecule has 0 atom stereocenters. The maximum atomic E-state index is 5.17. The van der Waals surface area contributed by atoms with Gasteiger partial charge in [0.1, 0.15) is 0 Å². The maximum Gasteiger partial charge on any atom is 0.306 e. The van der Waals surface area contributed by atoms with Crippen molar-refractivity contribution in [2.24, 2.45) is 5.16 Å². The zero-order valence-corrected chi connectivity index (χ0v) is 10.1. The normalized spacial score (nSPS) is 11.6. The molecule has 0 unspecified atom stereocenters. The Morgan fingerprint density at radius 2 is 2.12 bits per heavy atom. The minimum Gasteiger partial charge on any atom is -0.325 e. The molecule has 0 aliphatic rings. The molecule has 3 rings (SSSR count). The number of nitrogens with zero attached hydrogens (tertiary/aromatic N) is 2. The topological polar surface area (TPSA) is 34.5 Å². The van der Waals surface area contributed by atoms with Crippen LogP contribution in [0.2, 0.25) is 0 Å². The summed E-state index contributed by atoms with van der Waals surface area (Å²) >= 11 is 1.50. The quantitative estimate of drug-likeness (QED) is 0.505. The van der Waals surface area contributed by atoms with Crippen molar-refractivity contribution >= 4 is 38.5 Å². The van der Waals surface area contributed by atoms with Crippen LogP contribution in [0.1, 0.15) is 6.92 Å². The summed E-state index contributed by atoms with van der Waals surface area (Å²) in [6, 6.07) is 12.4. The van der Waals surface area contributed by atoms with Gasteiger partial charge in [0.2, 0.25) is 0 Å². The lowest BCUT2D eigenvalue weighted by atomic mass is 10.1. The number of hydrogen-bond acceptors (Lipinski definition) is 4. The fourth-order valence-corrected chi connectivity index (χ4v) is 2.57. The number of hydrogen-bond donors (Lipinski definition) is 0. The van der Waals surface area contributed by atoms with Crippen molar-refractivity contribution < 1.29 is 4.84 Å². The number of fused-ring (bicyclic) bond motifs is 3. The second kappa shape index (κ2) is 4.14. The largest absolute Gasteiger partial charge is 0.325 e. The van der Waals surface area contributed by atoms with Gasteiger partial charge >= 0.3 is 5.19 Å². The van der Waals surface area contributed by atoms with E-state index in [1.807, 2.05) is 19.1 Å². The molecule has 3 nitrogen and oxygen atoms in total. The maximum absolute atomic E-state index is 5.17. The Hall–Kier alpha value is -1.94. The van der Waals surface area contributed by atoms with Crippen LogP contribution in [0.5, 0.6) is 5.19 Å². The lowest BCUT2D eigenvalue weighted by molar-refractivity contribution is 0.342. The van der Waals surface area contributed by atoms with Crippen LogP contribution in [0.4, 0.5) is 0 Å². The molecule has 0 radical (unpaired) electrons. The van der Waals surface area contributed by atoms with E-state index in [1.54, 1.807) is 6.21 Å². The van der Waals surface area contributed by atoms with E-state index < -0.39 is 0 Å². The lowest BCUT2D eigenvalue weighted by Crippen LogP contribution is -1.80. The van der Waals surface area contributed by atoms with Gasteiger partial charge in [0.05, 0.1) is 10.2 Å². The van der Waals surface area contributed by atoms with Crippen LogP contribution in [-0.2, 0) is 0 Å². The highest BCUT2D eigenvalue weighted by Crippen LogP contribution is 2.32. The SMILES string of the molecule is C/C=N/Oc1nc2c(ccc3ccccc32)s1. The Morgan fingerprint density at radius 3 is 3.00 bits per heavy atom. The van der Waals surface area contributed by atoms with Crippen molar-refractivity contribution in [2.75, 3.05) is 0 Å². The first-order valence-electron chi connectivity index (χ1n) is 5.32. The molecule has 0 fully saturated rings. The van der Waals surface area contributed by atoms with Crippen LogP contribution in [0.15, 0.2) is 41.6 Å². The fourth-order valence-electron chi connectivity index (χ4n) is 1.78. The third-order valence-corrected chi connectivity index (χ3v) is 3.39. The molecule has 0 aliphatic carbocycles. The van der Waals surface area contributed by atoms with Gasteiger partial charge in [0.25, 0.3) is 0 Å². The van der Waals surface area contributed by atoms with Crippen LogP contribution in [0.3, 0.4) is 0 Å². The summed E-state index contributed by atoms with van der Waals surface area (Å²) in [5.74, 6) is 0. The number of rotatable bonds is 2. The Balaban J connectivity index is 2.24. The summed E-state index contributed by atoms with van der Waals surface area (Å²) in [5.41, 5.74) is 0.981. The molecule has 0 N–H and O–H groups in total. The van der Waals surface area contributed by atoms with Gasteiger partial charge < -0.3 is 4.84 Å². The Kier molecular flexibility index (Phi) is 2.49. The molecular weight excluding hydrogens is 232 g/mol. The second-order valence-electron chi connectivity index (χ2n) is 3.57. The van der Waals surface area contributed by atoms with Crippen molar-refractivity contribution in [1.82, 2.24) is 4.98 Å². The van der Waals surface area contributed by atoms with Gasteiger partial charge in [-0.15, -0.1) is 0 Å². The zero-order chi connectivity index (χ0) is 11.7. The monoisotopic (exact) mass is 242 g/mol. The van der Waals surface area contributed by atoms with E-state index in [4.69, 9.17) is 4.84 Å². The van der Waals surface area contributed by atoms with Crippen molar-refractivity contribution in [3.05, 3.63) is 36.4 Å². The first-order chi connectivity index (χ1) is 8.38. The predicted molar refractivity (Wildman–Crippen MR) is 71.9 cm³/mol. The summed E-state index contributed by atoms with van der Waals surface area (Å²) in [6.07, 6.45) is 1.60. The molecule has 84 valence electrons. The van der Waals surface area contributed by atoms with Crippen molar-refractivity contribution in [3.8, 4) is 5.19 Å². The second-order valence-corrected chi connectivity index (χ2v) is 4.56. The highest BCUT2D eigenvalue weighted by Gasteiger charge is 2.07. The molecule has 1 heterocycles. The lowest BCUT2D eigenvalue weighted by Gasteiger charge is -1.96. The Labute approximate surface area is 102 Å². The highest BCUT2D eigenvalue weighted by atomic mass is 32.1. The van der Waals surface area contributed by atoms with E-state index in [9.17, 15) is 0 Å². The molecule has 2 aromatic carbocycles. The molecule has 0 saturated carbocycles. The number of aromatic nitrogens is 1. The van der Waals surface area contributed by atoms with E-state index >= 15 is 0 Å². The standard InChI is InChI=1S/C13H10N2OS/c1-2-14-16-13-15-12-10-6-4-3-5-9(10)7-8-11(12)17-13/h2-8H,1H3/b14-2+. The third-order valence-electron chi connectivity index (χ3n) is 2.50. The third kappa shape index (κ3) is 1.76. The number of benzene rings is 2. The molecule has 4 heteroatoms. The van der Waals surface area contributed by atoms with Gasteiger partial charge in [-0.1, -0.05) is 46.8 Å². The molecule has 0 amide bonds. The van der Waals surface area contributed by atoms with Gasteiger partial charge in [0.15, 0.2) is 0 Å². The highest BCUT2D eigenvalue weighted by molar-refractivity contribution is 7.20. The molecule has 0 aliphatic heterocycles. The van der Waals surface area contributed by atoms with Gasteiger partial charge in [-0.2, -0.15) is 4.98 Å². The van der Waals surface area contributed by atoms with Crippen molar-refractivity contribution in [2.45, 2.75) is 6.92 Å². The molecular formula is C13H10N2OS. The molecule has 17 heavy (non-hydrogen) atoms. The van der Waals surface area contributed by atoms with E-state index in [2.05, 4.69) is 34.4 Å². The molecule has 0 bridgehead atoms. The Morgan fingerprint density at radius 1 is 1.24 bits per heavy atom. The summed E-state index contributed by atoms with van der Waals surface area (Å²) in [5, 5.41) is 6.66. The van der Waals surface area contributed by atoms with Crippen LogP contribution in [0.25, 0.3) is 21.0 Å². The minimum atomic E-state index is 0.578. The van der Waals surface area contributed by atoms with Gasteiger partial charge in [-0.3, -0.25) is 0 Å². The number of oxime groups is 1. The summed E-state index contributed by atoms with van der Waals surface area (Å²) in [4.78, 5) is 9.63. The predicted octanol–water partition coefficient (Wildman–Crippen LogP) is 3.83. The first-order valence-corrected chi connectivity index (χ1v) is 6.13. The van der Waals surface area contributed by atoms with Crippen LogP contribution < -0.4 is 4.84 Å². The summed E-state index contributed by atoms with van der Waals surface area (Å²) in [6.45, 7) is 1.81. The number of thiazole rings is 1. The van der Waals surface area contributed by atoms with Crippen molar-refractivity contribution in [3.63, 3.8) is 0 Å². The van der Waals surface area contributed by atoms with Crippen molar-refractivity contribution in [1.29, 1.82) is 0 Å². The van der Waals surface area contributed by atoms with Gasteiger partial charge in [0, 0.05) is 11.6 Å². The van der Waals surface area contributed by atoms with E-state index in [0.717, 1.165) is 15.6 Å².